The van der Waals surface area contributed by atoms with E-state index in [1.165, 1.54) is 0 Å². The zero-order valence-corrected chi connectivity index (χ0v) is 11.6. The van der Waals surface area contributed by atoms with Crippen molar-refractivity contribution >= 4 is 40.3 Å². The summed E-state index contributed by atoms with van der Waals surface area (Å²) in [5.41, 5.74) is 16.1. The highest BCUT2D eigenvalue weighted by Gasteiger charge is 2.31. The number of amides is 1. The van der Waals surface area contributed by atoms with Gasteiger partial charge in [0.15, 0.2) is 10.8 Å². The molecule has 0 saturated heterocycles. The van der Waals surface area contributed by atoms with Crippen LogP contribution in [-0.4, -0.2) is 27.5 Å². The van der Waals surface area contributed by atoms with Gasteiger partial charge in [-0.3, -0.25) is 10.2 Å². The first-order valence-corrected chi connectivity index (χ1v) is 6.26. The Morgan fingerprint density at radius 3 is 2.60 bits per heavy atom. The molecule has 7 nitrogen and oxygen atoms in total. The molecule has 0 atom stereocenters. The smallest absolute Gasteiger partial charge is 0.303 e. The maximum Gasteiger partial charge on any atom is 0.303 e. The Morgan fingerprint density at radius 2 is 2.10 bits per heavy atom. The second-order valence-corrected chi connectivity index (χ2v) is 4.53. The number of nitrogens with two attached hydrogens (primary N) is 2. The number of hydrogen-bond acceptors (Lipinski definition) is 6. The molecule has 1 aliphatic rings. The lowest BCUT2D eigenvalue weighted by Gasteiger charge is -2.07. The largest absolute Gasteiger partial charge is 0.374 e. The Balaban J connectivity index is 2.13. The molecule has 0 radical (unpaired) electrons. The van der Waals surface area contributed by atoms with E-state index in [4.69, 9.17) is 23.7 Å². The molecule has 104 valence electrons. The van der Waals surface area contributed by atoms with E-state index in [1.807, 2.05) is 24.3 Å². The molecule has 1 amide bonds. The van der Waals surface area contributed by atoms with Crippen molar-refractivity contribution in [3.63, 3.8) is 0 Å². The SMILES string of the molecule is CC1=NN(C(N)=S)C(=O)C1=NNc1ccc(CN)cc1. The van der Waals surface area contributed by atoms with Gasteiger partial charge in [-0.2, -0.15) is 15.2 Å². The Morgan fingerprint density at radius 1 is 1.45 bits per heavy atom. The van der Waals surface area contributed by atoms with Gasteiger partial charge in [0.25, 0.3) is 0 Å². The van der Waals surface area contributed by atoms with Gasteiger partial charge in [-0.05, 0) is 36.8 Å². The maximum atomic E-state index is 11.9. The van der Waals surface area contributed by atoms with Gasteiger partial charge < -0.3 is 11.5 Å². The predicted octanol–water partition coefficient (Wildman–Crippen LogP) is 0.375. The number of rotatable bonds is 3. The number of anilines is 1. The van der Waals surface area contributed by atoms with Crippen molar-refractivity contribution < 1.29 is 4.79 Å². The molecule has 0 spiro atoms. The van der Waals surface area contributed by atoms with Crippen LogP contribution in [-0.2, 0) is 11.3 Å². The van der Waals surface area contributed by atoms with Gasteiger partial charge in [-0.15, -0.1) is 0 Å². The summed E-state index contributed by atoms with van der Waals surface area (Å²) in [6.45, 7) is 2.14. The molecule has 1 aromatic rings. The van der Waals surface area contributed by atoms with E-state index in [1.54, 1.807) is 6.92 Å². The van der Waals surface area contributed by atoms with E-state index < -0.39 is 5.91 Å². The molecule has 5 N–H and O–H groups in total. The monoisotopic (exact) mass is 290 g/mol. The van der Waals surface area contributed by atoms with Gasteiger partial charge in [-0.1, -0.05) is 12.1 Å². The van der Waals surface area contributed by atoms with Crippen LogP contribution < -0.4 is 16.9 Å². The molecule has 1 aliphatic heterocycles. The number of nitrogens with one attached hydrogen (secondary N) is 1. The van der Waals surface area contributed by atoms with E-state index in [0.29, 0.717) is 12.3 Å². The molecule has 20 heavy (non-hydrogen) atoms. The lowest BCUT2D eigenvalue weighted by molar-refractivity contribution is -0.119. The van der Waals surface area contributed by atoms with Gasteiger partial charge in [0.05, 0.1) is 11.4 Å². The van der Waals surface area contributed by atoms with Crippen LogP contribution >= 0.6 is 12.2 Å². The molecule has 1 aromatic carbocycles. The van der Waals surface area contributed by atoms with Gasteiger partial charge >= 0.3 is 5.91 Å². The molecule has 8 heteroatoms. The highest BCUT2D eigenvalue weighted by Crippen LogP contribution is 2.11. The second-order valence-electron chi connectivity index (χ2n) is 4.11. The normalized spacial score (nSPS) is 16.5. The summed E-state index contributed by atoms with van der Waals surface area (Å²) >= 11 is 4.73. The quantitative estimate of drug-likeness (QED) is 0.550. The number of hydrazone groups is 2. The van der Waals surface area contributed by atoms with Gasteiger partial charge in [-0.25, -0.2) is 0 Å². The van der Waals surface area contributed by atoms with Crippen molar-refractivity contribution in [2.45, 2.75) is 13.5 Å². The zero-order chi connectivity index (χ0) is 14.7. The lowest BCUT2D eigenvalue weighted by Crippen LogP contribution is -2.36. The fourth-order valence-corrected chi connectivity index (χ4v) is 1.74. The van der Waals surface area contributed by atoms with E-state index in [9.17, 15) is 4.79 Å². The average molecular weight is 290 g/mol. The minimum absolute atomic E-state index is 0.105. The standard InChI is InChI=1S/C12H14N6OS/c1-7-10(11(19)18(17-7)12(14)20)16-15-9-4-2-8(6-13)3-5-9/h2-5,15H,6,13H2,1H3,(H2,14,20). The van der Waals surface area contributed by atoms with Crippen molar-refractivity contribution in [2.24, 2.45) is 21.7 Å². The van der Waals surface area contributed by atoms with Gasteiger partial charge in [0.1, 0.15) is 0 Å². The molecule has 1 heterocycles. The number of benzene rings is 1. The highest BCUT2D eigenvalue weighted by atomic mass is 32.1. The van der Waals surface area contributed by atoms with E-state index in [-0.39, 0.29) is 10.8 Å². The molecule has 0 unspecified atom stereocenters. The molecule has 0 fully saturated rings. The molecule has 2 rings (SSSR count). The Kier molecular flexibility index (Phi) is 4.06. The molecule has 0 bridgehead atoms. The Bertz CT molecular complexity index is 607. The number of nitrogens with zero attached hydrogens (tertiary/aromatic N) is 3. The summed E-state index contributed by atoms with van der Waals surface area (Å²) in [6, 6.07) is 7.40. The van der Waals surface area contributed by atoms with Crippen molar-refractivity contribution in [2.75, 3.05) is 5.43 Å². The van der Waals surface area contributed by atoms with Gasteiger partial charge in [0, 0.05) is 6.54 Å². The van der Waals surface area contributed by atoms with E-state index >= 15 is 0 Å². The molecular formula is C12H14N6OS. The molecule has 0 aromatic heterocycles. The van der Waals surface area contributed by atoms with E-state index in [2.05, 4.69) is 15.6 Å². The van der Waals surface area contributed by atoms with Crippen molar-refractivity contribution in [3.8, 4) is 0 Å². The van der Waals surface area contributed by atoms with Crippen LogP contribution in [0.4, 0.5) is 5.69 Å². The fourth-order valence-electron chi connectivity index (χ4n) is 1.61. The minimum atomic E-state index is -0.443. The third kappa shape index (κ3) is 2.81. The minimum Gasteiger partial charge on any atom is -0.374 e. The summed E-state index contributed by atoms with van der Waals surface area (Å²) in [5, 5.41) is 8.82. The summed E-state index contributed by atoms with van der Waals surface area (Å²) in [4.78, 5) is 11.9. The van der Waals surface area contributed by atoms with Crippen LogP contribution in [0.25, 0.3) is 0 Å². The van der Waals surface area contributed by atoms with Crippen LogP contribution in [0.1, 0.15) is 12.5 Å². The van der Waals surface area contributed by atoms with Crippen LogP contribution in [0.15, 0.2) is 34.5 Å². The number of carbonyl (C=O) groups excluding carboxylic acids is 1. The van der Waals surface area contributed by atoms with Gasteiger partial charge in [0.2, 0.25) is 0 Å². The maximum absolute atomic E-state index is 11.9. The topological polar surface area (TPSA) is 109 Å². The predicted molar refractivity (Wildman–Crippen MR) is 82.1 cm³/mol. The zero-order valence-electron chi connectivity index (χ0n) is 10.8. The van der Waals surface area contributed by atoms with Crippen LogP contribution in [0.3, 0.4) is 0 Å². The number of hydrogen-bond donors (Lipinski definition) is 3. The summed E-state index contributed by atoms with van der Waals surface area (Å²) in [5.74, 6) is -0.443. The molecule has 0 saturated carbocycles. The Hall–Kier alpha value is -2.32. The van der Waals surface area contributed by atoms with Crippen LogP contribution in [0, 0.1) is 0 Å². The van der Waals surface area contributed by atoms with Crippen molar-refractivity contribution in [3.05, 3.63) is 29.8 Å². The van der Waals surface area contributed by atoms with Crippen molar-refractivity contribution in [1.29, 1.82) is 0 Å². The highest BCUT2D eigenvalue weighted by molar-refractivity contribution is 7.80. The van der Waals surface area contributed by atoms with Crippen molar-refractivity contribution in [1.82, 2.24) is 5.01 Å². The molecule has 0 aliphatic carbocycles. The first-order valence-electron chi connectivity index (χ1n) is 5.85. The summed E-state index contributed by atoms with van der Waals surface area (Å²) in [7, 11) is 0. The molecular weight excluding hydrogens is 276 g/mol. The third-order valence-corrected chi connectivity index (χ3v) is 2.86. The lowest BCUT2D eigenvalue weighted by atomic mass is 10.2. The Labute approximate surface area is 121 Å². The van der Waals surface area contributed by atoms with E-state index in [0.717, 1.165) is 16.3 Å². The first-order chi connectivity index (χ1) is 9.52. The number of carbonyl (C=O) groups is 1. The summed E-state index contributed by atoms with van der Waals surface area (Å²) in [6.07, 6.45) is 0. The van der Waals surface area contributed by atoms with Crippen LogP contribution in [0.2, 0.25) is 0 Å². The summed E-state index contributed by atoms with van der Waals surface area (Å²) < 4.78 is 0. The fraction of sp³-hybridized carbons (Fsp3) is 0.167. The average Bonchev–Trinajstić information content (AvgIpc) is 2.72. The number of thiocarbonyl (C=S) groups is 1. The second kappa shape index (κ2) is 5.76. The third-order valence-electron chi connectivity index (χ3n) is 2.68. The van der Waals surface area contributed by atoms with Crippen LogP contribution in [0.5, 0.6) is 0 Å². The first kappa shape index (κ1) is 14.1.